The molecule has 0 atom stereocenters. The van der Waals surface area contributed by atoms with Gasteiger partial charge in [0.1, 0.15) is 0 Å². The maximum Gasteiger partial charge on any atom is 0.241 e. The van der Waals surface area contributed by atoms with Gasteiger partial charge in [-0.05, 0) is 6.08 Å². The van der Waals surface area contributed by atoms with Gasteiger partial charge in [0.05, 0.1) is 0 Å². The second kappa shape index (κ2) is 3.50. The van der Waals surface area contributed by atoms with Gasteiger partial charge in [-0.1, -0.05) is 11.6 Å². The van der Waals surface area contributed by atoms with Crippen molar-refractivity contribution in [2.24, 2.45) is 5.73 Å². The zero-order chi connectivity index (χ0) is 8.27. The zero-order valence-electron chi connectivity index (χ0n) is 5.45. The number of aromatic nitrogens is 1. The third-order valence-corrected chi connectivity index (χ3v) is 1.99. The van der Waals surface area contributed by atoms with Crippen molar-refractivity contribution in [3.8, 4) is 0 Å². The summed E-state index contributed by atoms with van der Waals surface area (Å²) in [5, 5.41) is 0. The van der Waals surface area contributed by atoms with Crippen molar-refractivity contribution in [3.63, 3.8) is 0 Å². The molecule has 0 aliphatic rings. The molecule has 58 valence electrons. The molecule has 0 bridgehead atoms. The molecule has 0 unspecified atom stereocenters. The summed E-state index contributed by atoms with van der Waals surface area (Å²) in [7, 11) is 0. The Kier molecular flexibility index (Phi) is 2.62. The Morgan fingerprint density at radius 1 is 1.82 bits per heavy atom. The van der Waals surface area contributed by atoms with Crippen molar-refractivity contribution < 1.29 is 4.79 Å². The largest absolute Gasteiger partial charge is 0.366 e. The molecule has 0 aromatic carbocycles. The van der Waals surface area contributed by atoms with Crippen LogP contribution < -0.4 is 5.73 Å². The van der Waals surface area contributed by atoms with Gasteiger partial charge in [-0.3, -0.25) is 4.79 Å². The number of carbonyl (C=O) groups is 1. The second-order valence-electron chi connectivity index (χ2n) is 1.75. The molecule has 1 rings (SSSR count). The number of nitrogens with zero attached hydrogens (tertiary/aromatic N) is 1. The molecule has 1 heterocycles. The smallest absolute Gasteiger partial charge is 0.241 e. The summed E-state index contributed by atoms with van der Waals surface area (Å²) in [5.41, 5.74) is 4.87. The fourth-order valence-corrected chi connectivity index (χ4v) is 1.36. The van der Waals surface area contributed by atoms with Crippen molar-refractivity contribution in [3.05, 3.63) is 21.6 Å². The summed E-state index contributed by atoms with van der Waals surface area (Å²) < 4.78 is 0.453. The van der Waals surface area contributed by atoms with Crippen LogP contribution in [0.4, 0.5) is 0 Å². The highest BCUT2D eigenvalue weighted by atomic mass is 35.5. The fraction of sp³-hybridized carbons (Fsp3) is 0. The van der Waals surface area contributed by atoms with Crippen LogP contribution in [-0.4, -0.2) is 10.9 Å². The molecule has 2 N–H and O–H groups in total. The highest BCUT2D eigenvalue weighted by Crippen LogP contribution is 2.18. The van der Waals surface area contributed by atoms with Crippen LogP contribution in [0.25, 0.3) is 6.08 Å². The van der Waals surface area contributed by atoms with Gasteiger partial charge in [0, 0.05) is 17.2 Å². The van der Waals surface area contributed by atoms with Crippen molar-refractivity contribution in [2.45, 2.75) is 0 Å². The summed E-state index contributed by atoms with van der Waals surface area (Å²) >= 11 is 6.82. The Balaban J connectivity index is 2.71. The SMILES string of the molecule is NC(=O)/C=C/c1cnc(Cl)s1. The first-order valence-electron chi connectivity index (χ1n) is 2.77. The van der Waals surface area contributed by atoms with Crippen LogP contribution in [0.5, 0.6) is 0 Å². The lowest BCUT2D eigenvalue weighted by molar-refractivity contribution is -0.113. The van der Waals surface area contributed by atoms with Gasteiger partial charge >= 0.3 is 0 Å². The monoisotopic (exact) mass is 188 g/mol. The second-order valence-corrected chi connectivity index (χ2v) is 3.40. The molecule has 3 nitrogen and oxygen atoms in total. The van der Waals surface area contributed by atoms with Gasteiger partial charge in [0.15, 0.2) is 4.47 Å². The summed E-state index contributed by atoms with van der Waals surface area (Å²) in [6, 6.07) is 0. The Bertz CT molecular complexity index is 295. The first-order valence-corrected chi connectivity index (χ1v) is 3.97. The van der Waals surface area contributed by atoms with Crippen molar-refractivity contribution in [1.29, 1.82) is 0 Å². The molecule has 0 saturated carbocycles. The lowest BCUT2D eigenvalue weighted by Crippen LogP contribution is -2.04. The van der Waals surface area contributed by atoms with Crippen LogP contribution in [0.15, 0.2) is 12.3 Å². The average molecular weight is 189 g/mol. The lowest BCUT2D eigenvalue weighted by atomic mass is 10.4. The lowest BCUT2D eigenvalue weighted by Gasteiger charge is -1.78. The molecular weight excluding hydrogens is 184 g/mol. The van der Waals surface area contributed by atoms with Crippen LogP contribution in [0.2, 0.25) is 4.47 Å². The number of hydrogen-bond acceptors (Lipinski definition) is 3. The molecule has 1 aromatic heterocycles. The van der Waals surface area contributed by atoms with E-state index >= 15 is 0 Å². The Hall–Kier alpha value is -0.870. The van der Waals surface area contributed by atoms with Crippen LogP contribution in [0, 0.1) is 0 Å². The fourth-order valence-electron chi connectivity index (χ4n) is 0.506. The Morgan fingerprint density at radius 2 is 2.55 bits per heavy atom. The predicted octanol–water partition coefficient (Wildman–Crippen LogP) is 1.29. The van der Waals surface area contributed by atoms with Gasteiger partial charge in [-0.2, -0.15) is 0 Å². The molecule has 0 aliphatic heterocycles. The van der Waals surface area contributed by atoms with Crippen LogP contribution in [0.3, 0.4) is 0 Å². The van der Waals surface area contributed by atoms with Gasteiger partial charge in [-0.25, -0.2) is 4.98 Å². The molecular formula is C6H5ClN2OS. The molecule has 0 spiro atoms. The third kappa shape index (κ3) is 2.69. The van der Waals surface area contributed by atoms with E-state index in [1.807, 2.05) is 0 Å². The van der Waals surface area contributed by atoms with E-state index in [4.69, 9.17) is 17.3 Å². The first-order chi connectivity index (χ1) is 5.18. The van der Waals surface area contributed by atoms with Crippen LogP contribution in [-0.2, 0) is 4.79 Å². The summed E-state index contributed by atoms with van der Waals surface area (Å²) in [4.78, 5) is 14.9. The van der Waals surface area contributed by atoms with E-state index in [9.17, 15) is 4.79 Å². The maximum atomic E-state index is 10.3. The van der Waals surface area contributed by atoms with E-state index in [0.29, 0.717) is 4.47 Å². The van der Waals surface area contributed by atoms with E-state index in [-0.39, 0.29) is 0 Å². The summed E-state index contributed by atoms with van der Waals surface area (Å²) in [6.45, 7) is 0. The maximum absolute atomic E-state index is 10.3. The highest BCUT2D eigenvalue weighted by molar-refractivity contribution is 7.16. The zero-order valence-corrected chi connectivity index (χ0v) is 7.02. The minimum absolute atomic E-state index is 0.453. The number of hydrogen-bond donors (Lipinski definition) is 1. The van der Waals surface area contributed by atoms with Crippen molar-refractivity contribution >= 4 is 34.9 Å². The molecule has 0 saturated heterocycles. The number of nitrogens with two attached hydrogens (primary N) is 1. The predicted molar refractivity (Wildman–Crippen MR) is 45.4 cm³/mol. The number of primary amides is 1. The molecule has 1 aromatic rings. The van der Waals surface area contributed by atoms with E-state index in [0.717, 1.165) is 4.88 Å². The summed E-state index contributed by atoms with van der Waals surface area (Å²) in [6.07, 6.45) is 4.42. The number of carbonyl (C=O) groups excluding carboxylic acids is 1. The van der Waals surface area contributed by atoms with Gasteiger partial charge in [0.2, 0.25) is 5.91 Å². The first kappa shape index (κ1) is 8.23. The Morgan fingerprint density at radius 3 is 3.00 bits per heavy atom. The minimum atomic E-state index is -0.477. The van der Waals surface area contributed by atoms with Crippen molar-refractivity contribution in [2.75, 3.05) is 0 Å². The summed E-state index contributed by atoms with van der Waals surface area (Å²) in [5.74, 6) is -0.477. The van der Waals surface area contributed by atoms with Gasteiger partial charge in [0.25, 0.3) is 0 Å². The van der Waals surface area contributed by atoms with Crippen LogP contribution in [0.1, 0.15) is 4.88 Å². The normalized spacial score (nSPS) is 10.6. The van der Waals surface area contributed by atoms with Gasteiger partial charge in [-0.15, -0.1) is 11.3 Å². The Labute approximate surface area is 72.5 Å². The number of amides is 1. The molecule has 11 heavy (non-hydrogen) atoms. The molecule has 0 fully saturated rings. The number of rotatable bonds is 2. The van der Waals surface area contributed by atoms with E-state index < -0.39 is 5.91 Å². The highest BCUT2D eigenvalue weighted by Gasteiger charge is 1.94. The standard InChI is InChI=1S/C6H5ClN2OS/c7-6-9-3-4(11-6)1-2-5(8)10/h1-3H,(H2,8,10)/b2-1+. The molecule has 1 amide bonds. The average Bonchev–Trinajstić information content (AvgIpc) is 2.31. The van der Waals surface area contributed by atoms with Gasteiger partial charge < -0.3 is 5.73 Å². The topological polar surface area (TPSA) is 56.0 Å². The van der Waals surface area contributed by atoms with Crippen molar-refractivity contribution in [1.82, 2.24) is 4.98 Å². The van der Waals surface area contributed by atoms with E-state index in [2.05, 4.69) is 4.98 Å². The number of thiazole rings is 1. The third-order valence-electron chi connectivity index (χ3n) is 0.907. The molecule has 0 aliphatic carbocycles. The minimum Gasteiger partial charge on any atom is -0.366 e. The van der Waals surface area contributed by atoms with E-state index in [1.54, 1.807) is 12.3 Å². The number of halogens is 1. The molecule has 0 radical (unpaired) electrons. The van der Waals surface area contributed by atoms with E-state index in [1.165, 1.54) is 17.4 Å². The molecule has 5 heteroatoms. The quantitative estimate of drug-likeness (QED) is 0.712. The van der Waals surface area contributed by atoms with Crippen LogP contribution >= 0.6 is 22.9 Å².